The highest BCUT2D eigenvalue weighted by Crippen LogP contribution is 2.21. The molecule has 24 heavy (non-hydrogen) atoms. The molecule has 0 bridgehead atoms. The third-order valence-corrected chi connectivity index (χ3v) is 3.76. The Morgan fingerprint density at radius 1 is 1.08 bits per heavy atom. The maximum Gasteiger partial charge on any atom is 0.251 e. The van der Waals surface area contributed by atoms with E-state index in [0.717, 1.165) is 16.8 Å². The Kier molecular flexibility index (Phi) is 5.68. The van der Waals surface area contributed by atoms with Crippen molar-refractivity contribution in [1.29, 1.82) is 0 Å². The smallest absolute Gasteiger partial charge is 0.251 e. The minimum atomic E-state index is -0.385. The van der Waals surface area contributed by atoms with E-state index in [4.69, 9.17) is 0 Å². The normalized spacial score (nSPS) is 10.3. The first-order valence-electron chi connectivity index (χ1n) is 7.77. The molecular formula is C19H21FN2O2. The van der Waals surface area contributed by atoms with Crippen LogP contribution in [0.1, 0.15) is 28.4 Å². The molecule has 2 rings (SSSR count). The summed E-state index contributed by atoms with van der Waals surface area (Å²) in [7, 11) is 0. The van der Waals surface area contributed by atoms with Crippen LogP contribution in [0.5, 0.6) is 0 Å². The van der Waals surface area contributed by atoms with Gasteiger partial charge in [-0.05, 0) is 55.3 Å². The predicted molar refractivity (Wildman–Crippen MR) is 92.7 cm³/mol. The van der Waals surface area contributed by atoms with Gasteiger partial charge < -0.3 is 10.2 Å². The van der Waals surface area contributed by atoms with Crippen molar-refractivity contribution in [3.8, 4) is 0 Å². The van der Waals surface area contributed by atoms with Crippen molar-refractivity contribution < 1.29 is 14.0 Å². The maximum atomic E-state index is 12.9. The van der Waals surface area contributed by atoms with Gasteiger partial charge in [-0.1, -0.05) is 12.1 Å². The van der Waals surface area contributed by atoms with Gasteiger partial charge in [0.25, 0.3) is 5.91 Å². The fourth-order valence-electron chi connectivity index (χ4n) is 2.44. The zero-order valence-electron chi connectivity index (χ0n) is 14.1. The Bertz CT molecular complexity index is 742. The van der Waals surface area contributed by atoms with E-state index < -0.39 is 0 Å². The van der Waals surface area contributed by atoms with Crippen molar-refractivity contribution in [2.24, 2.45) is 0 Å². The molecule has 0 aliphatic rings. The van der Waals surface area contributed by atoms with Crippen molar-refractivity contribution >= 4 is 17.5 Å². The number of halogens is 1. The van der Waals surface area contributed by atoms with Crippen LogP contribution in [0, 0.1) is 19.7 Å². The van der Waals surface area contributed by atoms with E-state index >= 15 is 0 Å². The molecule has 5 heteroatoms. The van der Waals surface area contributed by atoms with Gasteiger partial charge in [0.05, 0.1) is 0 Å². The Hall–Kier alpha value is -2.69. The van der Waals surface area contributed by atoms with Crippen molar-refractivity contribution in [2.75, 3.05) is 18.0 Å². The average Bonchev–Trinajstić information content (AvgIpc) is 2.54. The molecule has 0 radical (unpaired) electrons. The molecule has 0 aromatic heterocycles. The van der Waals surface area contributed by atoms with Crippen molar-refractivity contribution in [3.05, 3.63) is 65.0 Å². The average molecular weight is 328 g/mol. The lowest BCUT2D eigenvalue weighted by atomic mass is 10.1. The molecule has 0 saturated carbocycles. The van der Waals surface area contributed by atoms with Gasteiger partial charge in [-0.25, -0.2) is 4.39 Å². The van der Waals surface area contributed by atoms with Crippen LogP contribution in [-0.2, 0) is 4.79 Å². The van der Waals surface area contributed by atoms with Gasteiger partial charge in [0.15, 0.2) is 0 Å². The number of rotatable bonds is 5. The molecule has 0 heterocycles. The Morgan fingerprint density at radius 3 is 2.38 bits per heavy atom. The summed E-state index contributed by atoms with van der Waals surface area (Å²) in [6.07, 6.45) is 0. The summed E-state index contributed by atoms with van der Waals surface area (Å²) in [6, 6.07) is 11.3. The third-order valence-electron chi connectivity index (χ3n) is 3.76. The molecule has 1 N–H and O–H groups in total. The van der Waals surface area contributed by atoms with E-state index in [9.17, 15) is 14.0 Å². The van der Waals surface area contributed by atoms with Gasteiger partial charge in [0.1, 0.15) is 5.82 Å². The number of anilines is 1. The van der Waals surface area contributed by atoms with Crippen LogP contribution >= 0.6 is 0 Å². The third kappa shape index (κ3) is 4.41. The van der Waals surface area contributed by atoms with Crippen LogP contribution in [-0.4, -0.2) is 24.9 Å². The van der Waals surface area contributed by atoms with Crippen molar-refractivity contribution in [1.82, 2.24) is 5.32 Å². The van der Waals surface area contributed by atoms with Crippen molar-refractivity contribution in [2.45, 2.75) is 20.8 Å². The van der Waals surface area contributed by atoms with Gasteiger partial charge in [0.2, 0.25) is 5.91 Å². The van der Waals surface area contributed by atoms with Crippen LogP contribution in [0.2, 0.25) is 0 Å². The predicted octanol–water partition coefficient (Wildman–Crippen LogP) is 3.23. The molecule has 126 valence electrons. The van der Waals surface area contributed by atoms with E-state index in [1.54, 1.807) is 4.90 Å². The van der Waals surface area contributed by atoms with Crippen LogP contribution in [0.4, 0.5) is 10.1 Å². The number of amides is 2. The fourth-order valence-corrected chi connectivity index (χ4v) is 2.44. The lowest BCUT2D eigenvalue weighted by Crippen LogP contribution is -2.38. The summed E-state index contributed by atoms with van der Waals surface area (Å²) in [6.45, 7) is 6.10. The molecular weight excluding hydrogens is 307 g/mol. The van der Waals surface area contributed by atoms with Crippen molar-refractivity contribution in [3.63, 3.8) is 0 Å². The monoisotopic (exact) mass is 328 g/mol. The molecule has 0 aliphatic carbocycles. The summed E-state index contributed by atoms with van der Waals surface area (Å²) >= 11 is 0. The fraction of sp³-hybridized carbons (Fsp3) is 0.263. The number of nitrogens with one attached hydrogen (secondary N) is 1. The lowest BCUT2D eigenvalue weighted by molar-refractivity contribution is -0.116. The summed E-state index contributed by atoms with van der Waals surface area (Å²) in [5, 5.41) is 2.75. The number of benzene rings is 2. The highest BCUT2D eigenvalue weighted by molar-refractivity contribution is 5.95. The highest BCUT2D eigenvalue weighted by atomic mass is 19.1. The number of hydrogen-bond acceptors (Lipinski definition) is 2. The SMILES string of the molecule is CC(=O)N(CCNC(=O)c1ccc(F)cc1)c1cc(C)ccc1C. The second kappa shape index (κ2) is 7.73. The van der Waals surface area contributed by atoms with E-state index in [-0.39, 0.29) is 17.6 Å². The Morgan fingerprint density at radius 2 is 1.75 bits per heavy atom. The van der Waals surface area contributed by atoms with Crippen LogP contribution in [0.25, 0.3) is 0 Å². The molecule has 0 aliphatic heterocycles. The van der Waals surface area contributed by atoms with E-state index in [1.165, 1.54) is 31.2 Å². The van der Waals surface area contributed by atoms with E-state index in [1.807, 2.05) is 32.0 Å². The van der Waals surface area contributed by atoms with Gasteiger partial charge in [-0.15, -0.1) is 0 Å². The lowest BCUT2D eigenvalue weighted by Gasteiger charge is -2.23. The van der Waals surface area contributed by atoms with Gasteiger partial charge in [-0.3, -0.25) is 9.59 Å². The standard InChI is InChI=1S/C19H21FN2O2/c1-13-4-5-14(2)18(12-13)22(15(3)23)11-10-21-19(24)16-6-8-17(20)9-7-16/h4-9,12H,10-11H2,1-3H3,(H,21,24). The topological polar surface area (TPSA) is 49.4 Å². The number of aryl methyl sites for hydroxylation is 2. The van der Waals surface area contributed by atoms with E-state index in [2.05, 4.69) is 5.32 Å². The highest BCUT2D eigenvalue weighted by Gasteiger charge is 2.14. The van der Waals surface area contributed by atoms with Gasteiger partial charge in [-0.2, -0.15) is 0 Å². The molecule has 2 aromatic rings. The number of hydrogen-bond donors (Lipinski definition) is 1. The first kappa shape index (κ1) is 17.7. The van der Waals surface area contributed by atoms with Gasteiger partial charge in [0, 0.05) is 31.3 Å². The summed E-state index contributed by atoms with van der Waals surface area (Å²) in [5.41, 5.74) is 3.30. The molecule has 2 amide bonds. The minimum absolute atomic E-state index is 0.0836. The van der Waals surface area contributed by atoms with Crippen LogP contribution < -0.4 is 10.2 Å². The Labute approximate surface area is 141 Å². The molecule has 0 unspecified atom stereocenters. The largest absolute Gasteiger partial charge is 0.350 e. The summed E-state index contributed by atoms with van der Waals surface area (Å²) in [5.74, 6) is -0.761. The molecule has 2 aromatic carbocycles. The Balaban J connectivity index is 2.02. The minimum Gasteiger partial charge on any atom is -0.350 e. The zero-order valence-corrected chi connectivity index (χ0v) is 14.1. The molecule has 0 fully saturated rings. The number of carbonyl (C=O) groups excluding carboxylic acids is 2. The maximum absolute atomic E-state index is 12.9. The number of nitrogens with zero attached hydrogens (tertiary/aromatic N) is 1. The van der Waals surface area contributed by atoms with Gasteiger partial charge >= 0.3 is 0 Å². The first-order chi connectivity index (χ1) is 11.4. The molecule has 0 spiro atoms. The second-order valence-electron chi connectivity index (χ2n) is 5.72. The van der Waals surface area contributed by atoms with Crippen LogP contribution in [0.3, 0.4) is 0 Å². The summed E-state index contributed by atoms with van der Waals surface area (Å²) in [4.78, 5) is 25.6. The number of carbonyl (C=O) groups is 2. The van der Waals surface area contributed by atoms with Crippen LogP contribution in [0.15, 0.2) is 42.5 Å². The zero-order chi connectivity index (χ0) is 17.7. The van der Waals surface area contributed by atoms with E-state index in [0.29, 0.717) is 18.7 Å². The molecule has 0 atom stereocenters. The quantitative estimate of drug-likeness (QED) is 0.916. The molecule has 0 saturated heterocycles. The first-order valence-corrected chi connectivity index (χ1v) is 7.77. The second-order valence-corrected chi connectivity index (χ2v) is 5.72. The molecule has 4 nitrogen and oxygen atoms in total. The summed E-state index contributed by atoms with van der Waals surface area (Å²) < 4.78 is 12.9.